The minimum Gasteiger partial charge on any atom is -0.370 e. The van der Waals surface area contributed by atoms with Gasteiger partial charge >= 0.3 is 0 Å². The Kier molecular flexibility index (Phi) is 3.48. The average molecular weight is 217 g/mol. The fraction of sp³-hybridized carbons (Fsp3) is 0.364. The van der Waals surface area contributed by atoms with E-state index >= 15 is 0 Å². The molecule has 0 radical (unpaired) electrons. The first-order valence-electron chi connectivity index (χ1n) is 5.35. The average Bonchev–Trinajstić information content (AvgIpc) is 2.77. The lowest BCUT2D eigenvalue weighted by Gasteiger charge is -2.04. The van der Waals surface area contributed by atoms with Gasteiger partial charge in [-0.1, -0.05) is 0 Å². The maximum atomic E-state index is 4.13. The molecule has 2 aromatic rings. The summed E-state index contributed by atoms with van der Waals surface area (Å²) in [5, 5.41) is 10.1. The van der Waals surface area contributed by atoms with Crippen LogP contribution in [0.15, 0.2) is 24.7 Å². The number of hydrogen-bond acceptors (Lipinski definition) is 4. The third kappa shape index (κ3) is 3.05. The fourth-order valence-electron chi connectivity index (χ4n) is 1.47. The lowest BCUT2D eigenvalue weighted by atomic mass is 10.2. The molecule has 0 spiro atoms. The molecule has 2 aromatic heterocycles. The van der Waals surface area contributed by atoms with Gasteiger partial charge in [0.2, 0.25) is 0 Å². The Labute approximate surface area is 94.3 Å². The summed E-state index contributed by atoms with van der Waals surface area (Å²) >= 11 is 0. The molecule has 0 fully saturated rings. The molecule has 2 heterocycles. The summed E-state index contributed by atoms with van der Waals surface area (Å²) in [5.41, 5.74) is 2.15. The molecule has 16 heavy (non-hydrogen) atoms. The molecule has 0 amide bonds. The number of nitrogens with zero attached hydrogens (tertiary/aromatic N) is 3. The first-order chi connectivity index (χ1) is 7.84. The van der Waals surface area contributed by atoms with Crippen molar-refractivity contribution in [1.29, 1.82) is 0 Å². The van der Waals surface area contributed by atoms with E-state index in [1.54, 1.807) is 12.5 Å². The Hall–Kier alpha value is -1.91. The number of aromatic nitrogens is 4. The summed E-state index contributed by atoms with van der Waals surface area (Å²) in [6.07, 6.45) is 5.39. The van der Waals surface area contributed by atoms with Gasteiger partial charge in [-0.2, -0.15) is 5.10 Å². The van der Waals surface area contributed by atoms with E-state index in [0.29, 0.717) is 0 Å². The van der Waals surface area contributed by atoms with Crippen LogP contribution in [0.1, 0.15) is 17.8 Å². The number of hydrogen-bond donors (Lipinski definition) is 2. The molecule has 0 atom stereocenters. The molecule has 0 aliphatic heterocycles. The Morgan fingerprint density at radius 1 is 1.38 bits per heavy atom. The lowest BCUT2D eigenvalue weighted by Crippen LogP contribution is -2.05. The molecule has 5 nitrogen and oxygen atoms in total. The molecule has 0 bridgehead atoms. The van der Waals surface area contributed by atoms with Crippen LogP contribution in [-0.4, -0.2) is 26.7 Å². The second kappa shape index (κ2) is 5.25. The van der Waals surface area contributed by atoms with E-state index in [1.807, 2.05) is 19.1 Å². The molecule has 2 rings (SSSR count). The molecule has 0 saturated heterocycles. The van der Waals surface area contributed by atoms with Crippen LogP contribution in [-0.2, 0) is 6.42 Å². The maximum absolute atomic E-state index is 4.13. The van der Waals surface area contributed by atoms with Gasteiger partial charge in [-0.25, -0.2) is 9.97 Å². The van der Waals surface area contributed by atoms with E-state index in [1.165, 1.54) is 5.69 Å². The third-order valence-electron chi connectivity index (χ3n) is 2.29. The normalized spacial score (nSPS) is 10.3. The highest BCUT2D eigenvalue weighted by Gasteiger charge is 1.96. The van der Waals surface area contributed by atoms with Gasteiger partial charge in [-0.05, 0) is 25.8 Å². The van der Waals surface area contributed by atoms with Crippen molar-refractivity contribution in [3.05, 3.63) is 36.0 Å². The fourth-order valence-corrected chi connectivity index (χ4v) is 1.47. The largest absolute Gasteiger partial charge is 0.370 e. The lowest BCUT2D eigenvalue weighted by molar-refractivity contribution is 0.823. The van der Waals surface area contributed by atoms with Gasteiger partial charge in [0.25, 0.3) is 0 Å². The summed E-state index contributed by atoms with van der Waals surface area (Å²) in [5.74, 6) is 0.886. The molecular formula is C11H15N5. The number of rotatable bonds is 5. The standard InChI is InChI=1S/C11H15N5/c1-9-7-11(14-8-13-9)12-5-2-3-10-4-6-15-16-10/h4,6-8H,2-3,5H2,1H3,(H,15,16)(H,12,13,14). The SMILES string of the molecule is Cc1cc(NCCCc2ccn[nH]2)ncn1. The smallest absolute Gasteiger partial charge is 0.129 e. The van der Waals surface area contributed by atoms with Crippen molar-refractivity contribution >= 4 is 5.82 Å². The molecule has 0 aliphatic rings. The monoisotopic (exact) mass is 217 g/mol. The minimum absolute atomic E-state index is 0.886. The van der Waals surface area contributed by atoms with Crippen LogP contribution in [0.5, 0.6) is 0 Å². The van der Waals surface area contributed by atoms with Gasteiger partial charge in [-0.15, -0.1) is 0 Å². The van der Waals surface area contributed by atoms with Gasteiger partial charge in [-0.3, -0.25) is 5.10 Å². The van der Waals surface area contributed by atoms with Crippen LogP contribution in [0.25, 0.3) is 0 Å². The first kappa shape index (κ1) is 10.6. The zero-order valence-electron chi connectivity index (χ0n) is 9.27. The van der Waals surface area contributed by atoms with Crippen molar-refractivity contribution in [2.24, 2.45) is 0 Å². The molecule has 5 heteroatoms. The molecule has 0 aliphatic carbocycles. The van der Waals surface area contributed by atoms with Crippen LogP contribution < -0.4 is 5.32 Å². The zero-order chi connectivity index (χ0) is 11.2. The molecular weight excluding hydrogens is 202 g/mol. The number of H-pyrrole nitrogens is 1. The molecule has 84 valence electrons. The zero-order valence-corrected chi connectivity index (χ0v) is 9.27. The van der Waals surface area contributed by atoms with Crippen molar-refractivity contribution in [1.82, 2.24) is 20.2 Å². The maximum Gasteiger partial charge on any atom is 0.129 e. The molecule has 0 unspecified atom stereocenters. The Bertz CT molecular complexity index is 424. The Balaban J connectivity index is 1.72. The van der Waals surface area contributed by atoms with Crippen molar-refractivity contribution in [3.63, 3.8) is 0 Å². The first-order valence-corrected chi connectivity index (χ1v) is 5.35. The van der Waals surface area contributed by atoms with Crippen LogP contribution >= 0.6 is 0 Å². The van der Waals surface area contributed by atoms with E-state index in [-0.39, 0.29) is 0 Å². The topological polar surface area (TPSA) is 66.5 Å². The van der Waals surface area contributed by atoms with Crippen molar-refractivity contribution in [2.45, 2.75) is 19.8 Å². The van der Waals surface area contributed by atoms with E-state index < -0.39 is 0 Å². The predicted molar refractivity (Wildman–Crippen MR) is 62.2 cm³/mol. The van der Waals surface area contributed by atoms with Crippen LogP contribution in [0, 0.1) is 6.92 Å². The van der Waals surface area contributed by atoms with Crippen molar-refractivity contribution in [3.8, 4) is 0 Å². The second-order valence-electron chi connectivity index (χ2n) is 3.66. The molecule has 0 aromatic carbocycles. The van der Waals surface area contributed by atoms with Crippen molar-refractivity contribution in [2.75, 3.05) is 11.9 Å². The summed E-state index contributed by atoms with van der Waals surface area (Å²) < 4.78 is 0. The van der Waals surface area contributed by atoms with Gasteiger partial charge in [0.1, 0.15) is 12.1 Å². The van der Waals surface area contributed by atoms with Crippen LogP contribution in [0.2, 0.25) is 0 Å². The van der Waals surface area contributed by atoms with E-state index in [9.17, 15) is 0 Å². The number of aromatic amines is 1. The van der Waals surface area contributed by atoms with E-state index in [4.69, 9.17) is 0 Å². The van der Waals surface area contributed by atoms with E-state index in [0.717, 1.165) is 30.9 Å². The second-order valence-corrected chi connectivity index (χ2v) is 3.66. The summed E-state index contributed by atoms with van der Waals surface area (Å²) in [6, 6.07) is 3.94. The van der Waals surface area contributed by atoms with Gasteiger partial charge in [0.15, 0.2) is 0 Å². The van der Waals surface area contributed by atoms with Gasteiger partial charge in [0.05, 0.1) is 0 Å². The summed E-state index contributed by atoms with van der Waals surface area (Å²) in [4.78, 5) is 8.18. The molecule has 0 saturated carbocycles. The van der Waals surface area contributed by atoms with Crippen LogP contribution in [0.4, 0.5) is 5.82 Å². The summed E-state index contributed by atoms with van der Waals surface area (Å²) in [6.45, 7) is 2.85. The summed E-state index contributed by atoms with van der Waals surface area (Å²) in [7, 11) is 0. The Morgan fingerprint density at radius 2 is 2.31 bits per heavy atom. The highest BCUT2D eigenvalue weighted by molar-refractivity contribution is 5.34. The highest BCUT2D eigenvalue weighted by Crippen LogP contribution is 2.03. The number of aryl methyl sites for hydroxylation is 2. The van der Waals surface area contributed by atoms with E-state index in [2.05, 4.69) is 25.5 Å². The Morgan fingerprint density at radius 3 is 3.06 bits per heavy atom. The number of nitrogens with one attached hydrogen (secondary N) is 2. The molecule has 2 N–H and O–H groups in total. The number of anilines is 1. The predicted octanol–water partition coefficient (Wildman–Crippen LogP) is 1.55. The van der Waals surface area contributed by atoms with Crippen molar-refractivity contribution < 1.29 is 0 Å². The van der Waals surface area contributed by atoms with Gasteiger partial charge < -0.3 is 5.32 Å². The highest BCUT2D eigenvalue weighted by atomic mass is 15.1. The quantitative estimate of drug-likeness (QED) is 0.746. The van der Waals surface area contributed by atoms with Gasteiger partial charge in [0, 0.05) is 30.2 Å². The minimum atomic E-state index is 0.886. The van der Waals surface area contributed by atoms with Crippen LogP contribution in [0.3, 0.4) is 0 Å². The third-order valence-corrected chi connectivity index (χ3v) is 2.29.